The Morgan fingerprint density at radius 2 is 2.00 bits per heavy atom. The first-order chi connectivity index (χ1) is 10.3. The average Bonchev–Trinajstić information content (AvgIpc) is 3.15. The van der Waals surface area contributed by atoms with Crippen molar-refractivity contribution in [2.45, 2.75) is 13.0 Å². The summed E-state index contributed by atoms with van der Waals surface area (Å²) in [7, 11) is 1.89. The molecule has 2 heterocycles. The number of hydrogen-bond donors (Lipinski definition) is 1. The molecule has 0 aliphatic heterocycles. The molecule has 0 saturated heterocycles. The highest BCUT2D eigenvalue weighted by Gasteiger charge is 2.19. The minimum atomic E-state index is -0.0139. The van der Waals surface area contributed by atoms with Gasteiger partial charge in [-0.3, -0.25) is 4.68 Å². The molecule has 1 atom stereocenters. The summed E-state index contributed by atoms with van der Waals surface area (Å²) in [6, 6.07) is 12.1. The second kappa shape index (κ2) is 5.88. The van der Waals surface area contributed by atoms with E-state index < -0.39 is 0 Å². The van der Waals surface area contributed by atoms with Crippen molar-refractivity contribution < 1.29 is 0 Å². The standard InChI is InChI=1S/C15H18N6/c1-3-16-15(14-11-17-19-20(14)2)13-9-10-21(18-13)12-7-5-4-6-8-12/h4-11,15-16H,3H2,1-2H3. The van der Waals surface area contributed by atoms with Crippen LogP contribution in [0.15, 0.2) is 48.8 Å². The fraction of sp³-hybridized carbons (Fsp3) is 0.267. The van der Waals surface area contributed by atoms with Gasteiger partial charge in [0.2, 0.25) is 0 Å². The smallest absolute Gasteiger partial charge is 0.0956 e. The highest BCUT2D eigenvalue weighted by molar-refractivity contribution is 5.31. The molecule has 0 spiro atoms. The molecule has 1 aromatic carbocycles. The Balaban J connectivity index is 1.95. The van der Waals surface area contributed by atoms with Crippen LogP contribution in [0.4, 0.5) is 0 Å². The van der Waals surface area contributed by atoms with Crippen molar-refractivity contribution in [2.75, 3.05) is 6.54 Å². The summed E-state index contributed by atoms with van der Waals surface area (Å²) < 4.78 is 3.65. The normalized spacial score (nSPS) is 12.5. The van der Waals surface area contributed by atoms with Gasteiger partial charge in [0.25, 0.3) is 0 Å². The van der Waals surface area contributed by atoms with Crippen molar-refractivity contribution in [3.05, 3.63) is 60.2 Å². The van der Waals surface area contributed by atoms with Crippen LogP contribution in [0.2, 0.25) is 0 Å². The highest BCUT2D eigenvalue weighted by atomic mass is 15.4. The van der Waals surface area contributed by atoms with Gasteiger partial charge in [0.1, 0.15) is 0 Å². The molecule has 3 rings (SSSR count). The second-order valence-electron chi connectivity index (χ2n) is 4.79. The largest absolute Gasteiger partial charge is 0.304 e. The van der Waals surface area contributed by atoms with E-state index in [-0.39, 0.29) is 6.04 Å². The third-order valence-corrected chi connectivity index (χ3v) is 3.38. The quantitative estimate of drug-likeness (QED) is 0.774. The van der Waals surface area contributed by atoms with Crippen LogP contribution in [-0.4, -0.2) is 31.3 Å². The van der Waals surface area contributed by atoms with E-state index in [9.17, 15) is 0 Å². The van der Waals surface area contributed by atoms with Crippen LogP contribution in [0, 0.1) is 0 Å². The maximum absolute atomic E-state index is 4.68. The van der Waals surface area contributed by atoms with Crippen LogP contribution < -0.4 is 5.32 Å². The molecular weight excluding hydrogens is 264 g/mol. The van der Waals surface area contributed by atoms with Gasteiger partial charge in [-0.05, 0) is 24.7 Å². The van der Waals surface area contributed by atoms with Crippen LogP contribution in [0.25, 0.3) is 5.69 Å². The zero-order valence-electron chi connectivity index (χ0n) is 12.1. The van der Waals surface area contributed by atoms with Gasteiger partial charge in [0, 0.05) is 13.2 Å². The van der Waals surface area contributed by atoms with E-state index in [1.807, 2.05) is 54.3 Å². The van der Waals surface area contributed by atoms with Crippen LogP contribution in [0.5, 0.6) is 0 Å². The first kappa shape index (κ1) is 13.5. The third-order valence-electron chi connectivity index (χ3n) is 3.38. The first-order valence-electron chi connectivity index (χ1n) is 6.98. The molecule has 6 nitrogen and oxygen atoms in total. The zero-order chi connectivity index (χ0) is 14.7. The Morgan fingerprint density at radius 3 is 2.67 bits per heavy atom. The molecule has 0 aliphatic rings. The molecule has 0 bridgehead atoms. The van der Waals surface area contributed by atoms with Gasteiger partial charge < -0.3 is 5.32 Å². The minimum absolute atomic E-state index is 0.0139. The fourth-order valence-corrected chi connectivity index (χ4v) is 2.34. The van der Waals surface area contributed by atoms with Crippen molar-refractivity contribution in [1.82, 2.24) is 30.1 Å². The zero-order valence-corrected chi connectivity index (χ0v) is 12.1. The van der Waals surface area contributed by atoms with Crippen molar-refractivity contribution in [2.24, 2.45) is 7.05 Å². The van der Waals surface area contributed by atoms with Crippen LogP contribution in [-0.2, 0) is 7.05 Å². The van der Waals surface area contributed by atoms with Gasteiger partial charge in [0.05, 0.1) is 29.3 Å². The molecule has 6 heteroatoms. The summed E-state index contributed by atoms with van der Waals surface area (Å²) in [6.45, 7) is 2.92. The number of rotatable bonds is 5. The molecule has 0 amide bonds. The predicted octanol–water partition coefficient (Wildman–Crippen LogP) is 1.70. The van der Waals surface area contributed by atoms with Gasteiger partial charge >= 0.3 is 0 Å². The van der Waals surface area contributed by atoms with E-state index in [1.54, 1.807) is 10.9 Å². The van der Waals surface area contributed by atoms with Gasteiger partial charge in [0.15, 0.2) is 0 Å². The van der Waals surface area contributed by atoms with Gasteiger partial charge in [-0.1, -0.05) is 30.3 Å². The molecule has 21 heavy (non-hydrogen) atoms. The number of aryl methyl sites for hydroxylation is 1. The number of para-hydroxylation sites is 1. The van der Waals surface area contributed by atoms with E-state index in [2.05, 4.69) is 27.7 Å². The van der Waals surface area contributed by atoms with Crippen molar-refractivity contribution >= 4 is 0 Å². The average molecular weight is 282 g/mol. The Labute approximate surface area is 123 Å². The number of hydrogen-bond acceptors (Lipinski definition) is 4. The fourth-order valence-electron chi connectivity index (χ4n) is 2.34. The Hall–Kier alpha value is -2.47. The summed E-state index contributed by atoms with van der Waals surface area (Å²) >= 11 is 0. The number of nitrogens with one attached hydrogen (secondary N) is 1. The molecule has 3 aromatic rings. The molecule has 108 valence electrons. The number of nitrogens with zero attached hydrogens (tertiary/aromatic N) is 5. The van der Waals surface area contributed by atoms with Gasteiger partial charge in [-0.2, -0.15) is 5.10 Å². The predicted molar refractivity (Wildman–Crippen MR) is 80.1 cm³/mol. The Bertz CT molecular complexity index is 700. The van der Waals surface area contributed by atoms with E-state index in [4.69, 9.17) is 0 Å². The maximum atomic E-state index is 4.68. The molecule has 1 N–H and O–H groups in total. The molecule has 1 unspecified atom stereocenters. The van der Waals surface area contributed by atoms with E-state index in [0.717, 1.165) is 23.6 Å². The monoisotopic (exact) mass is 282 g/mol. The number of benzene rings is 1. The summed E-state index contributed by atoms with van der Waals surface area (Å²) in [5.74, 6) is 0. The SMILES string of the molecule is CCNC(c1ccn(-c2ccccc2)n1)c1cnnn1C. The lowest BCUT2D eigenvalue weighted by atomic mass is 10.1. The molecule has 0 fully saturated rings. The lowest BCUT2D eigenvalue weighted by Gasteiger charge is -2.15. The lowest BCUT2D eigenvalue weighted by molar-refractivity contribution is 0.554. The Morgan fingerprint density at radius 1 is 1.19 bits per heavy atom. The van der Waals surface area contributed by atoms with E-state index in [1.165, 1.54) is 0 Å². The lowest BCUT2D eigenvalue weighted by Crippen LogP contribution is -2.24. The van der Waals surface area contributed by atoms with Crippen LogP contribution >= 0.6 is 0 Å². The van der Waals surface area contributed by atoms with Crippen molar-refractivity contribution in [3.63, 3.8) is 0 Å². The van der Waals surface area contributed by atoms with Crippen molar-refractivity contribution in [1.29, 1.82) is 0 Å². The topological polar surface area (TPSA) is 60.6 Å². The molecular formula is C15H18N6. The first-order valence-corrected chi connectivity index (χ1v) is 6.98. The van der Waals surface area contributed by atoms with Crippen molar-refractivity contribution in [3.8, 4) is 5.69 Å². The molecule has 0 saturated carbocycles. The van der Waals surface area contributed by atoms with E-state index >= 15 is 0 Å². The molecule has 0 radical (unpaired) electrons. The molecule has 2 aromatic heterocycles. The molecule has 0 aliphatic carbocycles. The summed E-state index contributed by atoms with van der Waals surface area (Å²) in [5, 5.41) is 16.1. The summed E-state index contributed by atoms with van der Waals surface area (Å²) in [4.78, 5) is 0. The van der Waals surface area contributed by atoms with Crippen LogP contribution in [0.3, 0.4) is 0 Å². The van der Waals surface area contributed by atoms with E-state index in [0.29, 0.717) is 0 Å². The second-order valence-corrected chi connectivity index (χ2v) is 4.79. The van der Waals surface area contributed by atoms with Gasteiger partial charge in [-0.15, -0.1) is 5.10 Å². The Kier molecular flexibility index (Phi) is 3.79. The maximum Gasteiger partial charge on any atom is 0.0956 e. The van der Waals surface area contributed by atoms with Crippen LogP contribution in [0.1, 0.15) is 24.4 Å². The summed E-state index contributed by atoms with van der Waals surface area (Å²) in [5.41, 5.74) is 2.99. The third kappa shape index (κ3) is 2.71. The minimum Gasteiger partial charge on any atom is -0.304 e. The van der Waals surface area contributed by atoms with Gasteiger partial charge in [-0.25, -0.2) is 4.68 Å². The summed E-state index contributed by atoms with van der Waals surface area (Å²) in [6.07, 6.45) is 3.74. The highest BCUT2D eigenvalue weighted by Crippen LogP contribution is 2.20. The number of aromatic nitrogens is 5.